The molecule has 30 heavy (non-hydrogen) atoms. The number of carbonyl (C=O) groups is 2. The number of nitrogens with one attached hydrogen (secondary N) is 1. The van der Waals surface area contributed by atoms with Gasteiger partial charge >= 0.3 is 0 Å². The molecule has 3 aromatic rings. The number of aromatic nitrogens is 3. The molecule has 0 bridgehead atoms. The molecule has 0 fully saturated rings. The minimum Gasteiger partial charge on any atom is -0.344 e. The molecule has 0 aliphatic heterocycles. The number of thiazole rings is 1. The van der Waals surface area contributed by atoms with Gasteiger partial charge in [-0.05, 0) is 32.0 Å². The number of rotatable bonds is 6. The van der Waals surface area contributed by atoms with Crippen LogP contribution in [0.1, 0.15) is 45.6 Å². The van der Waals surface area contributed by atoms with Gasteiger partial charge in [0.05, 0.1) is 17.9 Å². The van der Waals surface area contributed by atoms with E-state index in [4.69, 9.17) is 0 Å². The van der Waals surface area contributed by atoms with Gasteiger partial charge in [0.2, 0.25) is 0 Å². The molecule has 0 saturated carbocycles. The van der Waals surface area contributed by atoms with Crippen LogP contribution in [0.2, 0.25) is 0 Å². The third-order valence-electron chi connectivity index (χ3n) is 4.35. The first-order valence-electron chi connectivity index (χ1n) is 9.09. The summed E-state index contributed by atoms with van der Waals surface area (Å²) in [6, 6.07) is 4.93. The molecule has 2 aromatic heterocycles. The van der Waals surface area contributed by atoms with E-state index in [0.29, 0.717) is 33.4 Å². The minimum absolute atomic E-state index is 0.0896. The Balaban J connectivity index is 1.85. The molecule has 2 amide bonds. The molecule has 10 heteroatoms. The van der Waals surface area contributed by atoms with Gasteiger partial charge in [0.25, 0.3) is 11.8 Å². The zero-order valence-electron chi connectivity index (χ0n) is 16.5. The van der Waals surface area contributed by atoms with E-state index >= 15 is 0 Å². The second kappa shape index (κ2) is 9.76. The highest BCUT2D eigenvalue weighted by atomic mass is 79.9. The fourth-order valence-corrected chi connectivity index (χ4v) is 4.89. The summed E-state index contributed by atoms with van der Waals surface area (Å²) in [5, 5.41) is 3.53. The predicted molar refractivity (Wildman–Crippen MR) is 123 cm³/mol. The lowest BCUT2D eigenvalue weighted by Gasteiger charge is -2.16. The van der Waals surface area contributed by atoms with Crippen LogP contribution in [0.25, 0.3) is 10.7 Å². The molecule has 2 heterocycles. The van der Waals surface area contributed by atoms with Crippen molar-refractivity contribution >= 4 is 55.0 Å². The van der Waals surface area contributed by atoms with Crippen LogP contribution in [0, 0.1) is 0 Å². The van der Waals surface area contributed by atoms with Crippen molar-refractivity contribution in [3.63, 3.8) is 0 Å². The Bertz CT molecular complexity index is 1070. The van der Waals surface area contributed by atoms with Crippen LogP contribution in [0.5, 0.6) is 0 Å². The van der Waals surface area contributed by atoms with Crippen LogP contribution in [0.3, 0.4) is 0 Å². The van der Waals surface area contributed by atoms with Crippen LogP contribution >= 0.6 is 43.2 Å². The van der Waals surface area contributed by atoms with Gasteiger partial charge in [-0.1, -0.05) is 31.9 Å². The molecule has 0 saturated heterocycles. The first-order chi connectivity index (χ1) is 14.3. The van der Waals surface area contributed by atoms with Crippen LogP contribution in [0.15, 0.2) is 45.7 Å². The number of benzene rings is 1. The normalized spacial score (nSPS) is 11.8. The smallest absolute Gasteiger partial charge is 0.265 e. The Kier molecular flexibility index (Phi) is 7.32. The molecule has 3 rings (SSSR count). The van der Waals surface area contributed by atoms with E-state index in [9.17, 15) is 9.59 Å². The van der Waals surface area contributed by atoms with Gasteiger partial charge in [-0.3, -0.25) is 19.6 Å². The van der Waals surface area contributed by atoms with Crippen molar-refractivity contribution in [2.24, 2.45) is 0 Å². The van der Waals surface area contributed by atoms with Crippen LogP contribution in [0.4, 0.5) is 0 Å². The minimum atomic E-state index is -0.416. The van der Waals surface area contributed by atoms with Crippen molar-refractivity contribution in [3.05, 3.63) is 61.9 Å². The standard InChI is InChI=1S/C20H19Br2N5O2S/c1-4-27(3)20(29)15-10-25-19(30-15)17-16(23-5-6-24-17)11(2)26-18(28)12-7-13(21)9-14(22)8-12/h5-11H,4H2,1-3H3,(H,26,28)/t11-/m0/s1. The SMILES string of the molecule is CCN(C)C(=O)c1cnc(-c2nccnc2[C@H](C)NC(=O)c2cc(Br)cc(Br)c2)s1. The molecule has 7 nitrogen and oxygen atoms in total. The van der Waals surface area contributed by atoms with Crippen LogP contribution in [-0.4, -0.2) is 45.3 Å². The topological polar surface area (TPSA) is 88.1 Å². The average Bonchev–Trinajstić information content (AvgIpc) is 3.21. The number of amides is 2. The van der Waals surface area contributed by atoms with Gasteiger partial charge in [-0.25, -0.2) is 4.98 Å². The molecule has 1 atom stereocenters. The van der Waals surface area contributed by atoms with Crippen molar-refractivity contribution in [1.82, 2.24) is 25.2 Å². The Labute approximate surface area is 195 Å². The highest BCUT2D eigenvalue weighted by molar-refractivity contribution is 9.11. The Morgan fingerprint density at radius 2 is 1.80 bits per heavy atom. The van der Waals surface area contributed by atoms with Gasteiger partial charge in [-0.15, -0.1) is 11.3 Å². The third-order valence-corrected chi connectivity index (χ3v) is 6.26. The highest BCUT2D eigenvalue weighted by Gasteiger charge is 2.22. The van der Waals surface area contributed by atoms with Crippen molar-refractivity contribution in [3.8, 4) is 10.7 Å². The van der Waals surface area contributed by atoms with E-state index in [0.717, 1.165) is 8.95 Å². The first kappa shape index (κ1) is 22.5. The summed E-state index contributed by atoms with van der Waals surface area (Å²) < 4.78 is 1.60. The van der Waals surface area contributed by atoms with Gasteiger partial charge in [0, 0.05) is 40.5 Å². The lowest BCUT2D eigenvalue weighted by atomic mass is 10.1. The molecule has 0 radical (unpaired) electrons. The van der Waals surface area contributed by atoms with Crippen molar-refractivity contribution < 1.29 is 9.59 Å². The van der Waals surface area contributed by atoms with Crippen LogP contribution in [-0.2, 0) is 0 Å². The highest BCUT2D eigenvalue weighted by Crippen LogP contribution is 2.29. The first-order valence-corrected chi connectivity index (χ1v) is 11.5. The number of hydrogen-bond donors (Lipinski definition) is 1. The van der Waals surface area contributed by atoms with E-state index in [2.05, 4.69) is 52.1 Å². The molecular formula is C20H19Br2N5O2S. The van der Waals surface area contributed by atoms with Crippen molar-refractivity contribution in [1.29, 1.82) is 0 Å². The van der Waals surface area contributed by atoms with Gasteiger partial charge in [-0.2, -0.15) is 0 Å². The lowest BCUT2D eigenvalue weighted by molar-refractivity contribution is 0.0806. The quantitative estimate of drug-likeness (QED) is 0.478. The number of carbonyl (C=O) groups excluding carboxylic acids is 2. The third kappa shape index (κ3) is 5.11. The second-order valence-electron chi connectivity index (χ2n) is 6.49. The van der Waals surface area contributed by atoms with Gasteiger partial charge in [0.15, 0.2) is 0 Å². The molecule has 0 spiro atoms. The summed E-state index contributed by atoms with van der Waals surface area (Å²) in [5.74, 6) is -0.325. The van der Waals surface area contributed by atoms with E-state index in [1.807, 2.05) is 19.9 Å². The monoisotopic (exact) mass is 551 g/mol. The summed E-state index contributed by atoms with van der Waals surface area (Å²) >= 11 is 8.05. The van der Waals surface area contributed by atoms with E-state index in [1.54, 1.807) is 42.7 Å². The maximum atomic E-state index is 12.7. The second-order valence-corrected chi connectivity index (χ2v) is 9.35. The van der Waals surface area contributed by atoms with Gasteiger partial charge in [0.1, 0.15) is 15.6 Å². The lowest BCUT2D eigenvalue weighted by Crippen LogP contribution is -2.27. The number of nitrogens with zero attached hydrogens (tertiary/aromatic N) is 4. The molecule has 1 aromatic carbocycles. The molecule has 1 N–H and O–H groups in total. The fourth-order valence-electron chi connectivity index (χ4n) is 2.68. The Morgan fingerprint density at radius 3 is 2.47 bits per heavy atom. The van der Waals surface area contributed by atoms with E-state index in [1.165, 1.54) is 11.3 Å². The fraction of sp³-hybridized carbons (Fsp3) is 0.250. The van der Waals surface area contributed by atoms with E-state index < -0.39 is 6.04 Å². The summed E-state index contributed by atoms with van der Waals surface area (Å²) in [6.45, 7) is 4.36. The van der Waals surface area contributed by atoms with E-state index in [-0.39, 0.29) is 11.8 Å². The molecule has 156 valence electrons. The van der Waals surface area contributed by atoms with Crippen molar-refractivity contribution in [2.45, 2.75) is 19.9 Å². The summed E-state index contributed by atoms with van der Waals surface area (Å²) in [4.78, 5) is 40.5. The largest absolute Gasteiger partial charge is 0.344 e. The molecular weight excluding hydrogens is 534 g/mol. The van der Waals surface area contributed by atoms with Crippen molar-refractivity contribution in [2.75, 3.05) is 13.6 Å². The molecule has 0 unspecified atom stereocenters. The summed E-state index contributed by atoms with van der Waals surface area (Å²) in [6.07, 6.45) is 4.69. The zero-order valence-corrected chi connectivity index (χ0v) is 20.5. The number of hydrogen-bond acceptors (Lipinski definition) is 6. The Hall–Kier alpha value is -2.17. The molecule has 0 aliphatic carbocycles. The summed E-state index contributed by atoms with van der Waals surface area (Å²) in [7, 11) is 1.74. The average molecular weight is 553 g/mol. The van der Waals surface area contributed by atoms with Crippen LogP contribution < -0.4 is 5.32 Å². The zero-order chi connectivity index (χ0) is 21.8. The predicted octanol–water partition coefficient (Wildman–Crippen LogP) is 4.71. The maximum Gasteiger partial charge on any atom is 0.265 e. The number of halogens is 2. The molecule has 0 aliphatic rings. The summed E-state index contributed by atoms with van der Waals surface area (Å²) in [5.41, 5.74) is 1.64. The van der Waals surface area contributed by atoms with Gasteiger partial charge < -0.3 is 10.2 Å². The Morgan fingerprint density at radius 1 is 1.13 bits per heavy atom. The maximum absolute atomic E-state index is 12.7.